The molecule has 0 atom stereocenters. The van der Waals surface area contributed by atoms with Crippen LogP contribution in [-0.2, 0) is 0 Å². The van der Waals surface area contributed by atoms with Crippen molar-refractivity contribution in [2.45, 2.75) is 0 Å². The van der Waals surface area contributed by atoms with Gasteiger partial charge in [0.1, 0.15) is 18.8 Å². The van der Waals surface area contributed by atoms with Crippen LogP contribution in [0, 0.1) is 0 Å². The van der Waals surface area contributed by atoms with Crippen LogP contribution in [-0.4, -0.2) is 35.9 Å². The summed E-state index contributed by atoms with van der Waals surface area (Å²) in [5, 5.41) is 19.1. The minimum atomic E-state index is 1.38. The van der Waals surface area contributed by atoms with Crippen molar-refractivity contribution in [3.8, 4) is 0 Å². The zero-order valence-electron chi connectivity index (χ0n) is 10.2. The Morgan fingerprint density at radius 2 is 1.70 bits per heavy atom. The Morgan fingerprint density at radius 3 is 1.90 bits per heavy atom. The molecule has 0 saturated carbocycles. The van der Waals surface area contributed by atoms with Crippen molar-refractivity contribution < 1.29 is 13.5 Å². The molecule has 0 aliphatic rings. The third-order valence-electron chi connectivity index (χ3n) is 1.31. The lowest BCUT2D eigenvalue weighted by molar-refractivity contribution is 0.393. The van der Waals surface area contributed by atoms with Crippen LogP contribution in [0.25, 0.3) is 0 Å². The summed E-state index contributed by atoms with van der Waals surface area (Å²) in [6, 6.07) is 1.72. The average Bonchev–Trinajstić information content (AvgIpc) is 3.40. The fourth-order valence-electron chi connectivity index (χ4n) is 0.654. The van der Waals surface area contributed by atoms with E-state index in [0.717, 1.165) is 0 Å². The average molecular weight is 277 g/mol. The van der Waals surface area contributed by atoms with Crippen LogP contribution in [0.15, 0.2) is 75.7 Å². The quantitative estimate of drug-likeness (QED) is 0.503. The van der Waals surface area contributed by atoms with E-state index in [0.29, 0.717) is 0 Å². The SMILES string of the molecule is c1cn[nH]n1.c1cnoc1.c1cocn1.c1conn1. The maximum absolute atomic E-state index is 4.47. The van der Waals surface area contributed by atoms with Gasteiger partial charge in [0.15, 0.2) is 6.39 Å². The molecular weight excluding hydrogens is 266 g/mol. The van der Waals surface area contributed by atoms with E-state index in [-0.39, 0.29) is 0 Å². The van der Waals surface area contributed by atoms with Gasteiger partial charge in [-0.1, -0.05) is 5.16 Å². The molecule has 0 saturated heterocycles. The third kappa shape index (κ3) is 9.89. The van der Waals surface area contributed by atoms with Crippen LogP contribution in [0.2, 0.25) is 0 Å². The van der Waals surface area contributed by atoms with Gasteiger partial charge in [-0.05, 0) is 6.07 Å². The molecule has 0 unspecified atom stereocenters. The summed E-state index contributed by atoms with van der Waals surface area (Å²) in [6.45, 7) is 0. The minimum Gasteiger partial charge on any atom is -0.452 e. The molecule has 4 heterocycles. The van der Waals surface area contributed by atoms with Gasteiger partial charge in [0.25, 0.3) is 0 Å². The first-order chi connectivity index (χ1) is 10.0. The molecule has 0 radical (unpaired) electrons. The molecule has 0 fully saturated rings. The maximum Gasteiger partial charge on any atom is 0.180 e. The number of rotatable bonds is 0. The second-order valence-corrected chi connectivity index (χ2v) is 2.61. The molecule has 20 heavy (non-hydrogen) atoms. The molecule has 104 valence electrons. The molecule has 0 bridgehead atoms. The molecule has 1 N–H and O–H groups in total. The van der Waals surface area contributed by atoms with Crippen molar-refractivity contribution >= 4 is 0 Å². The highest BCUT2D eigenvalue weighted by Crippen LogP contribution is 1.72. The van der Waals surface area contributed by atoms with E-state index in [9.17, 15) is 0 Å². The second kappa shape index (κ2) is 12.2. The van der Waals surface area contributed by atoms with Crippen LogP contribution < -0.4 is 0 Å². The van der Waals surface area contributed by atoms with E-state index in [1.165, 1.54) is 31.4 Å². The van der Waals surface area contributed by atoms with Gasteiger partial charge in [0.2, 0.25) is 0 Å². The Morgan fingerprint density at radius 1 is 0.800 bits per heavy atom. The summed E-state index contributed by atoms with van der Waals surface area (Å²) in [5.41, 5.74) is 0. The Hall–Kier alpha value is -3.30. The Kier molecular flexibility index (Phi) is 8.98. The monoisotopic (exact) mass is 277 g/mol. The van der Waals surface area contributed by atoms with E-state index < -0.39 is 0 Å². The summed E-state index contributed by atoms with van der Waals surface area (Å²) in [7, 11) is 0. The van der Waals surface area contributed by atoms with E-state index in [1.807, 2.05) is 0 Å². The van der Waals surface area contributed by atoms with E-state index in [1.54, 1.807) is 30.9 Å². The molecule has 0 spiro atoms. The number of hydrogen-bond donors (Lipinski definition) is 1. The van der Waals surface area contributed by atoms with Crippen LogP contribution in [0.1, 0.15) is 0 Å². The topological polar surface area (TPSA) is 133 Å². The summed E-state index contributed by atoms with van der Waals surface area (Å²) in [5.74, 6) is 0. The van der Waals surface area contributed by atoms with Crippen molar-refractivity contribution in [2.75, 3.05) is 0 Å². The number of aromatic nitrogens is 7. The van der Waals surface area contributed by atoms with Gasteiger partial charge < -0.3 is 13.5 Å². The minimum absolute atomic E-state index is 1.38. The molecule has 10 heteroatoms. The van der Waals surface area contributed by atoms with Gasteiger partial charge in [0.05, 0.1) is 31.0 Å². The molecule has 10 nitrogen and oxygen atoms in total. The summed E-state index contributed by atoms with van der Waals surface area (Å²) >= 11 is 0. The van der Waals surface area contributed by atoms with E-state index in [4.69, 9.17) is 0 Å². The van der Waals surface area contributed by atoms with E-state index >= 15 is 0 Å². The predicted molar refractivity (Wildman–Crippen MR) is 63.7 cm³/mol. The van der Waals surface area contributed by atoms with Crippen LogP contribution in [0.5, 0.6) is 0 Å². The van der Waals surface area contributed by atoms with Crippen molar-refractivity contribution in [1.82, 2.24) is 35.9 Å². The van der Waals surface area contributed by atoms with Gasteiger partial charge in [-0.15, -0.1) is 5.10 Å². The van der Waals surface area contributed by atoms with Crippen LogP contribution >= 0.6 is 0 Å². The zero-order valence-corrected chi connectivity index (χ0v) is 10.2. The highest BCUT2D eigenvalue weighted by molar-refractivity contribution is 4.67. The van der Waals surface area contributed by atoms with E-state index in [2.05, 4.69) is 49.4 Å². The number of nitrogens with zero attached hydrogens (tertiary/aromatic N) is 6. The van der Waals surface area contributed by atoms with Gasteiger partial charge in [-0.2, -0.15) is 15.4 Å². The van der Waals surface area contributed by atoms with Gasteiger partial charge in [0, 0.05) is 5.27 Å². The lowest BCUT2D eigenvalue weighted by Crippen LogP contribution is -1.61. The molecule has 4 aromatic heterocycles. The molecule has 4 aromatic rings. The molecule has 0 amide bonds. The van der Waals surface area contributed by atoms with Crippen molar-refractivity contribution in [3.05, 3.63) is 62.2 Å². The standard InChI is InChI=1S/2C3H3NO.C2H3N3.C2H2N2O/c1-2-5-3-4-1;2*1-2-4-5-3-1;1-2-5-4-3-1/h2*1-3H;1-2H,(H,3,4,5);1-2H. The Bertz CT molecular complexity index is 360. The number of hydrogen-bond acceptors (Lipinski definition) is 9. The molecule has 0 aliphatic carbocycles. The number of H-pyrrole nitrogens is 1. The Labute approximate surface area is 112 Å². The normalized spacial score (nSPS) is 8.00. The summed E-state index contributed by atoms with van der Waals surface area (Å²) in [4.78, 5) is 3.56. The smallest absolute Gasteiger partial charge is 0.180 e. The van der Waals surface area contributed by atoms with Crippen LogP contribution in [0.4, 0.5) is 0 Å². The lowest BCUT2D eigenvalue weighted by Gasteiger charge is -1.48. The molecule has 4 rings (SSSR count). The second-order valence-electron chi connectivity index (χ2n) is 2.61. The van der Waals surface area contributed by atoms with Gasteiger partial charge in [-0.3, -0.25) is 0 Å². The third-order valence-corrected chi connectivity index (χ3v) is 1.31. The first-order valence-corrected chi connectivity index (χ1v) is 5.17. The summed E-state index contributed by atoms with van der Waals surface area (Å²) < 4.78 is 13.0. The highest BCUT2D eigenvalue weighted by Gasteiger charge is 1.62. The van der Waals surface area contributed by atoms with Gasteiger partial charge >= 0.3 is 0 Å². The zero-order chi connectivity index (χ0) is 14.1. The number of nitrogens with one attached hydrogen (secondary N) is 1. The van der Waals surface area contributed by atoms with Crippen molar-refractivity contribution in [1.29, 1.82) is 0 Å². The first kappa shape index (κ1) is 14.8. The maximum atomic E-state index is 4.47. The first-order valence-electron chi connectivity index (χ1n) is 5.17. The number of aromatic amines is 1. The molecule has 0 aliphatic heterocycles. The Balaban J connectivity index is 0.000000133. The largest absolute Gasteiger partial charge is 0.452 e. The summed E-state index contributed by atoms with van der Waals surface area (Å²) in [6.07, 6.45) is 13.6. The fourth-order valence-corrected chi connectivity index (χ4v) is 0.654. The van der Waals surface area contributed by atoms with Crippen molar-refractivity contribution in [3.63, 3.8) is 0 Å². The lowest BCUT2D eigenvalue weighted by atomic mass is 10.8. The number of oxazole rings is 1. The van der Waals surface area contributed by atoms with Gasteiger partial charge in [-0.25, -0.2) is 4.98 Å². The fraction of sp³-hybridized carbons (Fsp3) is 0. The molecule has 0 aromatic carbocycles. The highest BCUT2D eigenvalue weighted by atomic mass is 16.5. The molecular formula is C10H11N7O3. The van der Waals surface area contributed by atoms with Crippen molar-refractivity contribution in [2.24, 2.45) is 0 Å². The predicted octanol–water partition coefficient (Wildman–Crippen LogP) is 1.22. The van der Waals surface area contributed by atoms with Crippen LogP contribution in [0.3, 0.4) is 0 Å².